The SMILES string of the molecule is CCCCc1ccc(C(=O)N/N=C/c2cc(Br)c(OCc3ccc(OCc4ccccc4)c(OCC)c3)c(Br)c2)cc1. The van der Waals surface area contributed by atoms with Crippen LogP contribution in [0.25, 0.3) is 0 Å². The maximum atomic E-state index is 12.5. The standard InChI is InChI=1S/C34H34Br2N2O4/c1-3-5-9-24-12-15-28(16-13-24)34(39)38-37-21-27-18-29(35)33(30(36)19-27)42-23-26-14-17-31(32(20-26)40-4-2)41-22-25-10-7-6-8-11-25/h6-8,10-21H,3-5,9,22-23H2,1-2H3,(H,38,39)/b37-21+. The van der Waals surface area contributed by atoms with Crippen molar-refractivity contribution in [3.8, 4) is 17.2 Å². The Morgan fingerprint density at radius 1 is 0.786 bits per heavy atom. The van der Waals surface area contributed by atoms with Crippen molar-refractivity contribution in [1.82, 2.24) is 5.43 Å². The van der Waals surface area contributed by atoms with Crippen molar-refractivity contribution in [1.29, 1.82) is 0 Å². The summed E-state index contributed by atoms with van der Waals surface area (Å²) < 4.78 is 19.5. The molecule has 1 N–H and O–H groups in total. The molecular weight excluding hydrogens is 660 g/mol. The number of ether oxygens (including phenoxy) is 3. The van der Waals surface area contributed by atoms with Gasteiger partial charge in [-0.25, -0.2) is 5.43 Å². The highest BCUT2D eigenvalue weighted by Gasteiger charge is 2.12. The number of carbonyl (C=O) groups excluding carboxylic acids is 1. The number of benzene rings is 4. The molecule has 0 aliphatic heterocycles. The second-order valence-electron chi connectivity index (χ2n) is 9.59. The fourth-order valence-electron chi connectivity index (χ4n) is 4.15. The Morgan fingerprint density at radius 2 is 1.48 bits per heavy atom. The van der Waals surface area contributed by atoms with E-state index in [1.54, 1.807) is 6.21 Å². The first-order valence-corrected chi connectivity index (χ1v) is 15.5. The number of amides is 1. The molecule has 4 aromatic rings. The lowest BCUT2D eigenvalue weighted by Crippen LogP contribution is -2.17. The van der Waals surface area contributed by atoms with E-state index in [4.69, 9.17) is 14.2 Å². The number of hydrogen-bond acceptors (Lipinski definition) is 5. The maximum absolute atomic E-state index is 12.5. The van der Waals surface area contributed by atoms with Crippen molar-refractivity contribution in [3.63, 3.8) is 0 Å². The molecule has 8 heteroatoms. The van der Waals surface area contributed by atoms with E-state index in [0.717, 1.165) is 44.9 Å². The molecule has 0 heterocycles. The van der Waals surface area contributed by atoms with Crippen LogP contribution in [0.2, 0.25) is 0 Å². The average Bonchev–Trinajstić information content (AvgIpc) is 3.00. The van der Waals surface area contributed by atoms with Gasteiger partial charge in [0.05, 0.1) is 21.8 Å². The molecule has 0 aliphatic rings. The molecule has 1 amide bonds. The minimum atomic E-state index is -0.255. The van der Waals surface area contributed by atoms with E-state index < -0.39 is 0 Å². The number of rotatable bonds is 14. The van der Waals surface area contributed by atoms with E-state index in [1.807, 2.05) is 91.9 Å². The van der Waals surface area contributed by atoms with E-state index in [2.05, 4.69) is 49.3 Å². The summed E-state index contributed by atoms with van der Waals surface area (Å²) in [5, 5.41) is 4.13. The van der Waals surface area contributed by atoms with Crippen molar-refractivity contribution >= 4 is 44.0 Å². The lowest BCUT2D eigenvalue weighted by Gasteiger charge is -2.15. The Morgan fingerprint density at radius 3 is 2.17 bits per heavy atom. The van der Waals surface area contributed by atoms with Crippen LogP contribution in [0.5, 0.6) is 17.2 Å². The van der Waals surface area contributed by atoms with Crippen LogP contribution < -0.4 is 19.6 Å². The summed E-state index contributed by atoms with van der Waals surface area (Å²) in [5.41, 5.74) is 7.21. The zero-order valence-electron chi connectivity index (χ0n) is 23.7. The molecule has 0 aromatic heterocycles. The first-order chi connectivity index (χ1) is 20.5. The fourth-order valence-corrected chi connectivity index (χ4v) is 5.60. The molecule has 0 fully saturated rings. The third kappa shape index (κ3) is 9.19. The van der Waals surface area contributed by atoms with Gasteiger partial charge in [0.1, 0.15) is 19.0 Å². The summed E-state index contributed by atoms with van der Waals surface area (Å²) in [6.07, 6.45) is 4.89. The molecule has 0 atom stereocenters. The van der Waals surface area contributed by atoms with Crippen LogP contribution in [0.1, 0.15) is 59.3 Å². The van der Waals surface area contributed by atoms with Crippen LogP contribution in [0.4, 0.5) is 0 Å². The molecule has 42 heavy (non-hydrogen) atoms. The first-order valence-electron chi connectivity index (χ1n) is 13.9. The van der Waals surface area contributed by atoms with Gasteiger partial charge in [0.2, 0.25) is 0 Å². The molecule has 0 saturated carbocycles. The predicted molar refractivity (Wildman–Crippen MR) is 175 cm³/mol. The van der Waals surface area contributed by atoms with E-state index in [-0.39, 0.29) is 5.91 Å². The summed E-state index contributed by atoms with van der Waals surface area (Å²) in [7, 11) is 0. The number of halogens is 2. The third-order valence-electron chi connectivity index (χ3n) is 6.36. The molecule has 4 rings (SSSR count). The second-order valence-corrected chi connectivity index (χ2v) is 11.3. The van der Waals surface area contributed by atoms with Gasteiger partial charge in [-0.15, -0.1) is 0 Å². The Kier molecular flexibility index (Phi) is 12.0. The van der Waals surface area contributed by atoms with Gasteiger partial charge >= 0.3 is 0 Å². The average molecular weight is 694 g/mol. The summed E-state index contributed by atoms with van der Waals surface area (Å²) in [5.74, 6) is 1.76. The molecule has 4 aromatic carbocycles. The summed E-state index contributed by atoms with van der Waals surface area (Å²) >= 11 is 7.20. The Balaban J connectivity index is 1.34. The van der Waals surface area contributed by atoms with E-state index >= 15 is 0 Å². The number of nitrogens with one attached hydrogen (secondary N) is 1. The third-order valence-corrected chi connectivity index (χ3v) is 7.54. The highest BCUT2D eigenvalue weighted by atomic mass is 79.9. The minimum absolute atomic E-state index is 0.255. The number of aryl methyl sites for hydroxylation is 1. The van der Waals surface area contributed by atoms with Gasteiger partial charge in [-0.1, -0.05) is 61.9 Å². The minimum Gasteiger partial charge on any atom is -0.490 e. The van der Waals surface area contributed by atoms with Crippen LogP contribution in [0.3, 0.4) is 0 Å². The highest BCUT2D eigenvalue weighted by molar-refractivity contribution is 9.11. The molecule has 218 valence electrons. The number of carbonyl (C=O) groups is 1. The molecule has 0 unspecified atom stereocenters. The van der Waals surface area contributed by atoms with E-state index in [9.17, 15) is 4.79 Å². The summed E-state index contributed by atoms with van der Waals surface area (Å²) in [4.78, 5) is 12.5. The highest BCUT2D eigenvalue weighted by Crippen LogP contribution is 2.36. The monoisotopic (exact) mass is 692 g/mol. The topological polar surface area (TPSA) is 69.2 Å². The van der Waals surface area contributed by atoms with Gasteiger partial charge < -0.3 is 14.2 Å². The fraction of sp³-hybridized carbons (Fsp3) is 0.235. The van der Waals surface area contributed by atoms with Gasteiger partial charge in [-0.2, -0.15) is 5.10 Å². The normalized spacial score (nSPS) is 11.0. The van der Waals surface area contributed by atoms with Crippen LogP contribution in [0, 0.1) is 0 Å². The molecular formula is C34H34Br2N2O4. The van der Waals surface area contributed by atoms with Gasteiger partial charge in [0.15, 0.2) is 11.5 Å². The number of nitrogens with zero attached hydrogens (tertiary/aromatic N) is 1. The van der Waals surface area contributed by atoms with Gasteiger partial charge in [0, 0.05) is 5.56 Å². The molecule has 0 spiro atoms. The Bertz CT molecular complexity index is 1470. The number of unbranched alkanes of at least 4 members (excludes halogenated alkanes) is 1. The molecule has 0 radical (unpaired) electrons. The second kappa shape index (κ2) is 16.1. The smallest absolute Gasteiger partial charge is 0.271 e. The Labute approximate surface area is 264 Å². The number of hydrogen-bond donors (Lipinski definition) is 1. The van der Waals surface area contributed by atoms with Crippen molar-refractivity contribution in [2.45, 2.75) is 46.3 Å². The van der Waals surface area contributed by atoms with Crippen molar-refractivity contribution < 1.29 is 19.0 Å². The van der Waals surface area contributed by atoms with Crippen molar-refractivity contribution in [3.05, 3.63) is 122 Å². The van der Waals surface area contributed by atoms with Crippen LogP contribution >= 0.6 is 31.9 Å². The lowest BCUT2D eigenvalue weighted by molar-refractivity contribution is 0.0955. The maximum Gasteiger partial charge on any atom is 0.271 e. The molecule has 0 bridgehead atoms. The van der Waals surface area contributed by atoms with Crippen LogP contribution in [0.15, 0.2) is 99.0 Å². The molecule has 0 aliphatic carbocycles. The van der Waals surface area contributed by atoms with Crippen molar-refractivity contribution in [2.75, 3.05) is 6.61 Å². The van der Waals surface area contributed by atoms with E-state index in [1.165, 1.54) is 5.56 Å². The van der Waals surface area contributed by atoms with Gasteiger partial charge in [-0.3, -0.25) is 4.79 Å². The van der Waals surface area contributed by atoms with Crippen LogP contribution in [-0.2, 0) is 19.6 Å². The van der Waals surface area contributed by atoms with Crippen LogP contribution in [-0.4, -0.2) is 18.7 Å². The molecule has 6 nitrogen and oxygen atoms in total. The van der Waals surface area contributed by atoms with Gasteiger partial charge in [-0.05, 0) is 110 Å². The first kappa shape index (κ1) is 31.3. The number of hydrazone groups is 1. The lowest BCUT2D eigenvalue weighted by atomic mass is 10.1. The largest absolute Gasteiger partial charge is 0.490 e. The zero-order chi connectivity index (χ0) is 29.7. The molecule has 0 saturated heterocycles. The summed E-state index contributed by atoms with van der Waals surface area (Å²) in [6, 6.07) is 27.2. The van der Waals surface area contributed by atoms with Crippen molar-refractivity contribution in [2.24, 2.45) is 5.10 Å². The van der Waals surface area contributed by atoms with Gasteiger partial charge in [0.25, 0.3) is 5.91 Å². The zero-order valence-corrected chi connectivity index (χ0v) is 26.9. The predicted octanol–water partition coefficient (Wildman–Crippen LogP) is 8.87. The summed E-state index contributed by atoms with van der Waals surface area (Å²) in [6.45, 7) is 5.43. The Hall–Kier alpha value is -3.62. The van der Waals surface area contributed by atoms with E-state index in [0.29, 0.717) is 42.6 Å². The quantitative estimate of drug-likeness (QED) is 0.106.